The van der Waals surface area contributed by atoms with Gasteiger partial charge in [-0.05, 0) is 31.4 Å². The minimum Gasteiger partial charge on any atom is -0.478 e. The number of anilines is 1. The van der Waals surface area contributed by atoms with Crippen molar-refractivity contribution in [3.63, 3.8) is 0 Å². The number of carboxylic acid groups (broad SMARTS) is 1. The summed E-state index contributed by atoms with van der Waals surface area (Å²) in [4.78, 5) is 18.0. The fourth-order valence-corrected chi connectivity index (χ4v) is 2.24. The van der Waals surface area contributed by atoms with Crippen LogP contribution in [0.15, 0.2) is 6.07 Å². The van der Waals surface area contributed by atoms with E-state index in [4.69, 9.17) is 4.74 Å². The van der Waals surface area contributed by atoms with Crippen LogP contribution in [0.25, 0.3) is 0 Å². The molecule has 0 radical (unpaired) electrons. The molecule has 5 heteroatoms. The average molecular weight is 280 g/mol. The maximum atomic E-state index is 11.5. The Morgan fingerprint density at radius 3 is 2.60 bits per heavy atom. The van der Waals surface area contributed by atoms with Crippen molar-refractivity contribution >= 4 is 11.8 Å². The summed E-state index contributed by atoms with van der Waals surface area (Å²) in [6.45, 7) is 9.81. The van der Waals surface area contributed by atoms with Crippen LogP contribution in [-0.2, 0) is 4.74 Å². The Morgan fingerprint density at radius 2 is 2.10 bits per heavy atom. The van der Waals surface area contributed by atoms with E-state index in [9.17, 15) is 9.90 Å². The number of hydrogen-bond donors (Lipinski definition) is 1. The number of carbonyl (C=O) groups is 1. The van der Waals surface area contributed by atoms with Crippen molar-refractivity contribution in [1.82, 2.24) is 4.98 Å². The standard InChI is InChI=1S/C15H24N2O3/c1-10(2)9-17(6-7-20-5)14-13(15(18)19)11(3)8-12(4)16-14/h8,10H,6-7,9H2,1-5H3,(H,18,19). The monoisotopic (exact) mass is 280 g/mol. The zero-order chi connectivity index (χ0) is 15.3. The van der Waals surface area contributed by atoms with Gasteiger partial charge in [-0.1, -0.05) is 13.8 Å². The van der Waals surface area contributed by atoms with Crippen molar-refractivity contribution in [2.24, 2.45) is 5.92 Å². The highest BCUT2D eigenvalue weighted by Gasteiger charge is 2.21. The Kier molecular flexibility index (Phi) is 5.95. The van der Waals surface area contributed by atoms with Crippen LogP contribution in [0.3, 0.4) is 0 Å². The van der Waals surface area contributed by atoms with Crippen LogP contribution in [0.1, 0.15) is 35.5 Å². The molecule has 5 nitrogen and oxygen atoms in total. The molecule has 0 fully saturated rings. The Morgan fingerprint density at radius 1 is 1.45 bits per heavy atom. The first-order valence-corrected chi connectivity index (χ1v) is 6.82. The van der Waals surface area contributed by atoms with Crippen molar-refractivity contribution in [3.05, 3.63) is 22.9 Å². The van der Waals surface area contributed by atoms with Crippen molar-refractivity contribution in [2.75, 3.05) is 31.7 Å². The minimum absolute atomic E-state index is 0.285. The molecule has 1 heterocycles. The number of pyridine rings is 1. The van der Waals surface area contributed by atoms with Crippen molar-refractivity contribution in [3.8, 4) is 0 Å². The van der Waals surface area contributed by atoms with Crippen LogP contribution in [-0.4, -0.2) is 42.9 Å². The molecule has 0 saturated carbocycles. The lowest BCUT2D eigenvalue weighted by molar-refractivity contribution is 0.0696. The molecule has 112 valence electrons. The smallest absolute Gasteiger partial charge is 0.339 e. The first-order valence-electron chi connectivity index (χ1n) is 6.82. The largest absolute Gasteiger partial charge is 0.478 e. The maximum absolute atomic E-state index is 11.5. The van der Waals surface area contributed by atoms with Gasteiger partial charge in [0.05, 0.1) is 6.61 Å². The molecule has 0 aromatic carbocycles. The van der Waals surface area contributed by atoms with Crippen molar-refractivity contribution in [1.29, 1.82) is 0 Å². The maximum Gasteiger partial charge on any atom is 0.339 e. The van der Waals surface area contributed by atoms with E-state index in [2.05, 4.69) is 18.8 Å². The average Bonchev–Trinajstić information content (AvgIpc) is 2.32. The van der Waals surface area contributed by atoms with Gasteiger partial charge in [0.15, 0.2) is 0 Å². The summed E-state index contributed by atoms with van der Waals surface area (Å²) in [7, 11) is 1.64. The van der Waals surface area contributed by atoms with E-state index in [0.29, 0.717) is 24.9 Å². The summed E-state index contributed by atoms with van der Waals surface area (Å²) in [6.07, 6.45) is 0. The Bertz CT molecular complexity index is 472. The number of aromatic carboxylic acids is 1. The third-order valence-corrected chi connectivity index (χ3v) is 2.99. The molecule has 1 N–H and O–H groups in total. The third kappa shape index (κ3) is 4.20. The lowest BCUT2D eigenvalue weighted by Gasteiger charge is -2.27. The van der Waals surface area contributed by atoms with Gasteiger partial charge < -0.3 is 14.7 Å². The Labute approximate surface area is 120 Å². The van der Waals surface area contributed by atoms with Gasteiger partial charge in [-0.2, -0.15) is 0 Å². The summed E-state index contributed by atoms with van der Waals surface area (Å²) >= 11 is 0. The van der Waals surface area contributed by atoms with E-state index in [-0.39, 0.29) is 5.56 Å². The van der Waals surface area contributed by atoms with Crippen molar-refractivity contribution < 1.29 is 14.6 Å². The van der Waals surface area contributed by atoms with E-state index in [1.165, 1.54) is 0 Å². The number of aromatic nitrogens is 1. The first-order chi connectivity index (χ1) is 9.36. The molecule has 0 aliphatic carbocycles. The molecule has 0 saturated heterocycles. The van der Waals surface area contributed by atoms with Gasteiger partial charge in [0, 0.05) is 25.9 Å². The first kappa shape index (κ1) is 16.4. The summed E-state index contributed by atoms with van der Waals surface area (Å²) in [5, 5.41) is 9.45. The number of aryl methyl sites for hydroxylation is 2. The van der Waals surface area contributed by atoms with Gasteiger partial charge >= 0.3 is 5.97 Å². The van der Waals surface area contributed by atoms with Crippen LogP contribution in [0, 0.1) is 19.8 Å². The summed E-state index contributed by atoms with van der Waals surface area (Å²) in [6, 6.07) is 1.80. The zero-order valence-electron chi connectivity index (χ0n) is 12.9. The summed E-state index contributed by atoms with van der Waals surface area (Å²) < 4.78 is 5.12. The highest BCUT2D eigenvalue weighted by Crippen LogP contribution is 2.23. The number of rotatable bonds is 7. The summed E-state index contributed by atoms with van der Waals surface area (Å²) in [5.74, 6) is 0.0213. The highest BCUT2D eigenvalue weighted by molar-refractivity contribution is 5.95. The molecule has 0 spiro atoms. The van der Waals surface area contributed by atoms with Crippen molar-refractivity contribution in [2.45, 2.75) is 27.7 Å². The molecule has 1 rings (SSSR count). The van der Waals surface area contributed by atoms with E-state index in [1.807, 2.05) is 18.7 Å². The molecular weight excluding hydrogens is 256 g/mol. The van der Waals surface area contributed by atoms with Gasteiger partial charge in [0.25, 0.3) is 0 Å². The van der Waals surface area contributed by atoms with E-state index in [0.717, 1.165) is 17.8 Å². The van der Waals surface area contributed by atoms with Crippen LogP contribution in [0.5, 0.6) is 0 Å². The normalized spacial score (nSPS) is 10.9. The number of carboxylic acids is 1. The van der Waals surface area contributed by atoms with Gasteiger partial charge in [-0.15, -0.1) is 0 Å². The van der Waals surface area contributed by atoms with Gasteiger partial charge in [-0.3, -0.25) is 0 Å². The number of nitrogens with zero attached hydrogens (tertiary/aromatic N) is 2. The highest BCUT2D eigenvalue weighted by atomic mass is 16.5. The zero-order valence-corrected chi connectivity index (χ0v) is 12.9. The minimum atomic E-state index is -0.934. The molecule has 20 heavy (non-hydrogen) atoms. The van der Waals surface area contributed by atoms with Crippen LogP contribution in [0.2, 0.25) is 0 Å². The lowest BCUT2D eigenvalue weighted by atomic mass is 10.1. The molecule has 0 aliphatic rings. The van der Waals surface area contributed by atoms with E-state index < -0.39 is 5.97 Å². The number of hydrogen-bond acceptors (Lipinski definition) is 4. The lowest BCUT2D eigenvalue weighted by Crippen LogP contribution is -2.33. The predicted molar refractivity (Wildman–Crippen MR) is 79.6 cm³/mol. The Hall–Kier alpha value is -1.62. The number of ether oxygens (including phenoxy) is 1. The van der Waals surface area contributed by atoms with Crippen LogP contribution in [0.4, 0.5) is 5.82 Å². The SMILES string of the molecule is COCCN(CC(C)C)c1nc(C)cc(C)c1C(=O)O. The quantitative estimate of drug-likeness (QED) is 0.831. The Balaban J connectivity index is 3.25. The third-order valence-electron chi connectivity index (χ3n) is 2.99. The molecule has 0 bridgehead atoms. The number of methoxy groups -OCH3 is 1. The predicted octanol–water partition coefficient (Wildman–Crippen LogP) is 2.51. The molecule has 0 aliphatic heterocycles. The fraction of sp³-hybridized carbons (Fsp3) is 0.600. The van der Waals surface area contributed by atoms with Gasteiger partial charge in [0.2, 0.25) is 0 Å². The fourth-order valence-electron chi connectivity index (χ4n) is 2.24. The molecule has 0 unspecified atom stereocenters. The second kappa shape index (κ2) is 7.24. The van der Waals surface area contributed by atoms with Crippen LogP contribution < -0.4 is 4.90 Å². The molecule has 1 aromatic rings. The second-order valence-electron chi connectivity index (χ2n) is 5.42. The van der Waals surface area contributed by atoms with Gasteiger partial charge in [0.1, 0.15) is 11.4 Å². The topological polar surface area (TPSA) is 62.7 Å². The molecule has 0 atom stereocenters. The van der Waals surface area contributed by atoms with E-state index >= 15 is 0 Å². The van der Waals surface area contributed by atoms with Crippen LogP contribution >= 0.6 is 0 Å². The summed E-state index contributed by atoms with van der Waals surface area (Å²) in [5.41, 5.74) is 1.85. The second-order valence-corrected chi connectivity index (χ2v) is 5.42. The van der Waals surface area contributed by atoms with Gasteiger partial charge in [-0.25, -0.2) is 9.78 Å². The van der Waals surface area contributed by atoms with E-state index in [1.54, 1.807) is 13.2 Å². The molecule has 1 aromatic heterocycles. The molecule has 0 amide bonds. The molecular formula is C15H24N2O3.